The van der Waals surface area contributed by atoms with Crippen LogP contribution in [0.4, 0.5) is 0 Å². The van der Waals surface area contributed by atoms with Gasteiger partial charge in [-0.15, -0.1) is 12.8 Å². The molecular formula is C17H24O6. The van der Waals surface area contributed by atoms with E-state index in [1.54, 1.807) is 14.0 Å². The Morgan fingerprint density at radius 3 is 2.35 bits per heavy atom. The highest BCUT2D eigenvalue weighted by Crippen LogP contribution is 2.22. The van der Waals surface area contributed by atoms with Crippen molar-refractivity contribution >= 4 is 5.97 Å². The van der Waals surface area contributed by atoms with Crippen LogP contribution in [0.3, 0.4) is 0 Å². The molecule has 128 valence electrons. The second-order valence-corrected chi connectivity index (χ2v) is 4.72. The molecule has 2 N–H and O–H groups in total. The summed E-state index contributed by atoms with van der Waals surface area (Å²) in [6.07, 6.45) is 10.3. The Morgan fingerprint density at radius 2 is 1.91 bits per heavy atom. The molecule has 0 radical (unpaired) electrons. The summed E-state index contributed by atoms with van der Waals surface area (Å²) in [6.45, 7) is 4.17. The molecule has 23 heavy (non-hydrogen) atoms. The quantitative estimate of drug-likeness (QED) is 0.810. The smallest absolute Gasteiger partial charge is 0.335 e. The highest BCUT2D eigenvalue weighted by molar-refractivity contribution is 5.88. The van der Waals surface area contributed by atoms with E-state index in [2.05, 4.69) is 12.8 Å². The molecule has 0 spiro atoms. The van der Waals surface area contributed by atoms with Crippen molar-refractivity contribution < 1.29 is 29.2 Å². The fourth-order valence-corrected chi connectivity index (χ4v) is 1.79. The molecule has 1 heterocycles. The molecule has 1 aliphatic rings. The van der Waals surface area contributed by atoms with Gasteiger partial charge in [-0.3, -0.25) is 0 Å². The summed E-state index contributed by atoms with van der Waals surface area (Å²) in [6, 6.07) is 3.88. The van der Waals surface area contributed by atoms with Crippen LogP contribution >= 0.6 is 0 Å². The molecule has 6 nitrogen and oxygen atoms in total. The Balaban J connectivity index is 0.000000574. The summed E-state index contributed by atoms with van der Waals surface area (Å²) in [7, 11) is 1.55. The van der Waals surface area contributed by atoms with E-state index in [0.29, 0.717) is 12.4 Å². The molecule has 1 fully saturated rings. The van der Waals surface area contributed by atoms with Gasteiger partial charge in [0.1, 0.15) is 17.6 Å². The van der Waals surface area contributed by atoms with Crippen LogP contribution in [-0.4, -0.2) is 49.2 Å². The predicted octanol–water partition coefficient (Wildman–Crippen LogP) is 2.55. The lowest BCUT2D eigenvalue weighted by atomic mass is 10.2. The van der Waals surface area contributed by atoms with Crippen molar-refractivity contribution in [1.29, 1.82) is 0 Å². The molecule has 1 aromatic carbocycles. The zero-order valence-electron chi connectivity index (χ0n) is 13.5. The van der Waals surface area contributed by atoms with E-state index in [9.17, 15) is 9.90 Å². The number of hydrogen-bond donors (Lipinski definition) is 2. The maximum absolute atomic E-state index is 10.7. The maximum atomic E-state index is 10.7. The van der Waals surface area contributed by atoms with Crippen molar-refractivity contribution in [3.05, 3.63) is 23.8 Å². The van der Waals surface area contributed by atoms with Gasteiger partial charge in [-0.1, -0.05) is 0 Å². The average Bonchev–Trinajstić information content (AvgIpc) is 3.08. The third-order valence-electron chi connectivity index (χ3n) is 2.70. The Labute approximate surface area is 137 Å². The molecule has 6 heteroatoms. The van der Waals surface area contributed by atoms with Gasteiger partial charge in [0.15, 0.2) is 0 Å². The lowest BCUT2D eigenvalue weighted by molar-refractivity contribution is 0.0693. The number of terminal acetylenes is 1. The number of carboxylic acid groups (broad SMARTS) is 1. The standard InChI is InChI=1S/C11H14O5.C4H8O.C2H2/c1-7(6-15-2)16-10-4-8(11(13)14)3-9(12)5-10;1-2-4-5-3-1;1-2/h3-5,7,12H,6H2,1-2H3,(H,13,14);1-4H2;1-2H/t7-;;/m0../s1. The minimum atomic E-state index is -1.11. The number of hydrogen-bond acceptors (Lipinski definition) is 5. The first-order valence-electron chi connectivity index (χ1n) is 7.17. The van der Waals surface area contributed by atoms with E-state index in [-0.39, 0.29) is 17.4 Å². The summed E-state index contributed by atoms with van der Waals surface area (Å²) in [4.78, 5) is 10.7. The Kier molecular flexibility index (Phi) is 11.1. The molecule has 0 saturated carbocycles. The van der Waals surface area contributed by atoms with Crippen molar-refractivity contribution in [3.8, 4) is 24.3 Å². The zero-order valence-corrected chi connectivity index (χ0v) is 13.5. The van der Waals surface area contributed by atoms with E-state index in [4.69, 9.17) is 19.3 Å². The van der Waals surface area contributed by atoms with Crippen molar-refractivity contribution in [3.63, 3.8) is 0 Å². The summed E-state index contributed by atoms with van der Waals surface area (Å²) in [5, 5.41) is 18.1. The highest BCUT2D eigenvalue weighted by Gasteiger charge is 2.09. The number of ether oxygens (including phenoxy) is 3. The Bertz CT molecular complexity index is 472. The van der Waals surface area contributed by atoms with Crippen molar-refractivity contribution in [2.45, 2.75) is 25.9 Å². The fourth-order valence-electron chi connectivity index (χ4n) is 1.79. The molecule has 1 aromatic rings. The fraction of sp³-hybridized carbons (Fsp3) is 0.471. The lowest BCUT2D eigenvalue weighted by Crippen LogP contribution is -2.18. The van der Waals surface area contributed by atoms with Gasteiger partial charge in [0.05, 0.1) is 12.2 Å². The number of carboxylic acids is 1. The SMILES string of the molecule is C#C.C1CCOC1.COC[C@H](C)Oc1cc(O)cc(C(=O)O)c1. The van der Waals surface area contributed by atoms with Gasteiger partial charge in [-0.25, -0.2) is 4.79 Å². The minimum absolute atomic E-state index is 0.0142. The van der Waals surface area contributed by atoms with Gasteiger partial charge >= 0.3 is 5.97 Å². The summed E-state index contributed by atoms with van der Waals surface area (Å²) >= 11 is 0. The molecule has 0 amide bonds. The molecule has 1 saturated heterocycles. The molecule has 2 rings (SSSR count). The number of rotatable bonds is 5. The van der Waals surface area contributed by atoms with Crippen LogP contribution in [0.15, 0.2) is 18.2 Å². The maximum Gasteiger partial charge on any atom is 0.335 e. The summed E-state index contributed by atoms with van der Waals surface area (Å²) in [5.74, 6) is -0.943. The second-order valence-electron chi connectivity index (χ2n) is 4.72. The lowest BCUT2D eigenvalue weighted by Gasteiger charge is -2.14. The topological polar surface area (TPSA) is 85.2 Å². The van der Waals surface area contributed by atoms with E-state index in [1.165, 1.54) is 25.0 Å². The first kappa shape index (κ1) is 20.8. The number of aromatic carboxylic acids is 1. The first-order chi connectivity index (χ1) is 11.0. The van der Waals surface area contributed by atoms with Crippen LogP contribution in [0.5, 0.6) is 11.5 Å². The minimum Gasteiger partial charge on any atom is -0.508 e. The Morgan fingerprint density at radius 1 is 1.30 bits per heavy atom. The van der Waals surface area contributed by atoms with Crippen LogP contribution in [0.1, 0.15) is 30.1 Å². The molecule has 0 bridgehead atoms. The van der Waals surface area contributed by atoms with Crippen LogP contribution in [0, 0.1) is 12.8 Å². The number of phenolic OH excluding ortho intramolecular Hbond substituents is 1. The monoisotopic (exact) mass is 324 g/mol. The van der Waals surface area contributed by atoms with Gasteiger partial charge in [0.25, 0.3) is 0 Å². The van der Waals surface area contributed by atoms with E-state index in [0.717, 1.165) is 19.3 Å². The van der Waals surface area contributed by atoms with Gasteiger partial charge in [0.2, 0.25) is 0 Å². The highest BCUT2D eigenvalue weighted by atomic mass is 16.5. The van der Waals surface area contributed by atoms with Gasteiger partial charge in [-0.2, -0.15) is 0 Å². The van der Waals surface area contributed by atoms with E-state index < -0.39 is 5.97 Å². The predicted molar refractivity (Wildman–Crippen MR) is 87.0 cm³/mol. The van der Waals surface area contributed by atoms with Gasteiger partial charge in [0, 0.05) is 26.4 Å². The molecular weight excluding hydrogens is 300 g/mol. The molecule has 1 atom stereocenters. The third kappa shape index (κ3) is 9.40. The molecule has 1 aliphatic heterocycles. The number of phenols is 1. The Hall–Kier alpha value is -2.23. The summed E-state index contributed by atoms with van der Waals surface area (Å²) in [5.41, 5.74) is -0.0142. The van der Waals surface area contributed by atoms with Crippen LogP contribution < -0.4 is 4.74 Å². The van der Waals surface area contributed by atoms with Crippen molar-refractivity contribution in [2.24, 2.45) is 0 Å². The molecule has 0 aromatic heterocycles. The summed E-state index contributed by atoms with van der Waals surface area (Å²) < 4.78 is 15.2. The van der Waals surface area contributed by atoms with E-state index in [1.807, 2.05) is 0 Å². The molecule has 0 aliphatic carbocycles. The van der Waals surface area contributed by atoms with Crippen LogP contribution in [0.2, 0.25) is 0 Å². The van der Waals surface area contributed by atoms with Crippen molar-refractivity contribution in [1.82, 2.24) is 0 Å². The van der Waals surface area contributed by atoms with Crippen LogP contribution in [0.25, 0.3) is 0 Å². The van der Waals surface area contributed by atoms with E-state index >= 15 is 0 Å². The first-order valence-corrected chi connectivity index (χ1v) is 7.17. The number of aromatic hydroxyl groups is 1. The molecule has 0 unspecified atom stereocenters. The number of benzene rings is 1. The third-order valence-corrected chi connectivity index (χ3v) is 2.70. The van der Waals surface area contributed by atoms with Gasteiger partial charge in [-0.05, 0) is 31.9 Å². The number of carbonyl (C=O) groups is 1. The average molecular weight is 324 g/mol. The number of methoxy groups -OCH3 is 1. The second kappa shape index (κ2) is 12.3. The zero-order chi connectivity index (χ0) is 17.7. The van der Waals surface area contributed by atoms with Crippen LogP contribution in [-0.2, 0) is 9.47 Å². The van der Waals surface area contributed by atoms with Gasteiger partial charge < -0.3 is 24.4 Å². The largest absolute Gasteiger partial charge is 0.508 e. The van der Waals surface area contributed by atoms with Crippen molar-refractivity contribution in [2.75, 3.05) is 26.9 Å². The normalized spacial score (nSPS) is 13.7.